The average Bonchev–Trinajstić information content (AvgIpc) is 2.62. The van der Waals surface area contributed by atoms with Gasteiger partial charge in [-0.25, -0.2) is 9.59 Å². The predicted molar refractivity (Wildman–Crippen MR) is 96.6 cm³/mol. The lowest BCUT2D eigenvalue weighted by Crippen LogP contribution is -2.05. The average molecular weight is 352 g/mol. The minimum absolute atomic E-state index is 0.0214. The molecular weight excluding hydrogens is 336 g/mol. The van der Waals surface area contributed by atoms with Gasteiger partial charge in [-0.05, 0) is 43.3 Å². The second-order valence-corrected chi connectivity index (χ2v) is 5.47. The molecule has 26 heavy (non-hydrogen) atoms. The van der Waals surface area contributed by atoms with Gasteiger partial charge in [0.1, 0.15) is 11.3 Å². The first-order chi connectivity index (χ1) is 12.5. The largest absolute Gasteiger partial charge is 0.494 e. The Morgan fingerprint density at radius 2 is 1.92 bits per heavy atom. The fraction of sp³-hybridized carbons (Fsp3) is 0.105. The van der Waals surface area contributed by atoms with Gasteiger partial charge in [0.2, 0.25) is 0 Å². The molecule has 0 atom stereocenters. The zero-order valence-corrected chi connectivity index (χ0v) is 13.9. The highest BCUT2D eigenvalue weighted by molar-refractivity contribution is 6.05. The molecule has 0 fully saturated rings. The summed E-state index contributed by atoms with van der Waals surface area (Å²) >= 11 is 0. The highest BCUT2D eigenvalue weighted by Crippen LogP contribution is 2.32. The van der Waals surface area contributed by atoms with Gasteiger partial charge < -0.3 is 20.3 Å². The minimum atomic E-state index is -1.14. The van der Waals surface area contributed by atoms with Gasteiger partial charge in [-0.2, -0.15) is 0 Å². The second-order valence-electron chi connectivity index (χ2n) is 5.47. The van der Waals surface area contributed by atoms with E-state index in [0.717, 1.165) is 0 Å². The van der Waals surface area contributed by atoms with Gasteiger partial charge in [0, 0.05) is 17.3 Å². The van der Waals surface area contributed by atoms with E-state index in [0.29, 0.717) is 34.6 Å². The van der Waals surface area contributed by atoms with E-state index in [1.54, 1.807) is 30.3 Å². The van der Waals surface area contributed by atoms with Crippen LogP contribution in [-0.2, 0) is 0 Å². The number of benzene rings is 2. The third kappa shape index (κ3) is 3.41. The SMILES string of the molecule is CCOc1ccc2ncc(C(=O)O)c(Nc3cccc(C(=O)O)c3)c2c1. The third-order valence-corrected chi connectivity index (χ3v) is 3.76. The third-order valence-electron chi connectivity index (χ3n) is 3.76. The maximum absolute atomic E-state index is 11.6. The lowest BCUT2D eigenvalue weighted by atomic mass is 10.1. The molecule has 1 aromatic heterocycles. The maximum Gasteiger partial charge on any atom is 0.339 e. The van der Waals surface area contributed by atoms with Gasteiger partial charge in [-0.15, -0.1) is 0 Å². The molecule has 0 spiro atoms. The lowest BCUT2D eigenvalue weighted by Gasteiger charge is -2.14. The molecule has 7 heteroatoms. The molecule has 0 bridgehead atoms. The van der Waals surface area contributed by atoms with Crippen LogP contribution in [0.25, 0.3) is 10.9 Å². The molecule has 2 aromatic carbocycles. The van der Waals surface area contributed by atoms with Crippen molar-refractivity contribution in [3.63, 3.8) is 0 Å². The summed E-state index contributed by atoms with van der Waals surface area (Å²) in [6.07, 6.45) is 1.27. The number of pyridine rings is 1. The number of hydrogen-bond acceptors (Lipinski definition) is 5. The first kappa shape index (κ1) is 17.2. The number of carbonyl (C=O) groups is 2. The molecule has 0 aliphatic rings. The molecule has 3 aromatic rings. The van der Waals surface area contributed by atoms with E-state index in [4.69, 9.17) is 9.84 Å². The van der Waals surface area contributed by atoms with Crippen LogP contribution >= 0.6 is 0 Å². The summed E-state index contributed by atoms with van der Waals surface area (Å²) in [5, 5.41) is 22.2. The van der Waals surface area contributed by atoms with Crippen molar-refractivity contribution in [1.82, 2.24) is 4.98 Å². The van der Waals surface area contributed by atoms with Crippen LogP contribution in [0.1, 0.15) is 27.6 Å². The van der Waals surface area contributed by atoms with Gasteiger partial charge in [0.25, 0.3) is 0 Å². The van der Waals surface area contributed by atoms with Crippen LogP contribution in [-0.4, -0.2) is 33.7 Å². The number of rotatable bonds is 6. The molecule has 1 heterocycles. The number of carboxylic acids is 2. The molecule has 0 radical (unpaired) electrons. The standard InChI is InChI=1S/C19H16N2O5/c1-2-26-13-6-7-16-14(9-13)17(15(10-20-16)19(24)25)21-12-5-3-4-11(8-12)18(22)23/h3-10H,2H2,1H3,(H,20,21)(H,22,23)(H,24,25). The number of fused-ring (bicyclic) bond motifs is 1. The lowest BCUT2D eigenvalue weighted by molar-refractivity contribution is 0.0686. The Morgan fingerprint density at radius 1 is 1.12 bits per heavy atom. The van der Waals surface area contributed by atoms with Crippen LogP contribution in [0.4, 0.5) is 11.4 Å². The van der Waals surface area contributed by atoms with Crippen molar-refractivity contribution in [3.05, 3.63) is 59.8 Å². The molecular formula is C19H16N2O5. The van der Waals surface area contributed by atoms with Crippen LogP contribution in [0, 0.1) is 0 Å². The van der Waals surface area contributed by atoms with Crippen LogP contribution < -0.4 is 10.1 Å². The quantitative estimate of drug-likeness (QED) is 0.619. The van der Waals surface area contributed by atoms with Crippen molar-refractivity contribution in [2.24, 2.45) is 0 Å². The van der Waals surface area contributed by atoms with Gasteiger partial charge >= 0.3 is 11.9 Å². The molecule has 0 amide bonds. The van der Waals surface area contributed by atoms with Crippen molar-refractivity contribution < 1.29 is 24.5 Å². The number of carboxylic acid groups (broad SMARTS) is 2. The normalized spacial score (nSPS) is 10.5. The maximum atomic E-state index is 11.6. The van der Waals surface area contributed by atoms with Gasteiger partial charge in [0.15, 0.2) is 0 Å². The summed E-state index contributed by atoms with van der Waals surface area (Å²) in [7, 11) is 0. The Labute approximate surface area is 148 Å². The topological polar surface area (TPSA) is 109 Å². The molecule has 7 nitrogen and oxygen atoms in total. The van der Waals surface area contributed by atoms with Crippen molar-refractivity contribution in [3.8, 4) is 5.75 Å². The predicted octanol–water partition coefficient (Wildman–Crippen LogP) is 3.77. The number of anilines is 2. The molecule has 0 aliphatic heterocycles. The van der Waals surface area contributed by atoms with Crippen LogP contribution in [0.2, 0.25) is 0 Å². The van der Waals surface area contributed by atoms with E-state index >= 15 is 0 Å². The van der Waals surface area contributed by atoms with Gasteiger partial charge in [-0.3, -0.25) is 4.98 Å². The zero-order chi connectivity index (χ0) is 18.7. The van der Waals surface area contributed by atoms with Crippen molar-refractivity contribution in [2.45, 2.75) is 6.92 Å². The Kier molecular flexibility index (Phi) is 4.70. The van der Waals surface area contributed by atoms with E-state index in [9.17, 15) is 14.7 Å². The molecule has 3 N–H and O–H groups in total. The molecule has 0 saturated carbocycles. The van der Waals surface area contributed by atoms with E-state index in [1.165, 1.54) is 18.3 Å². The summed E-state index contributed by atoms with van der Waals surface area (Å²) in [5.41, 5.74) is 1.45. The Hall–Kier alpha value is -3.61. The van der Waals surface area contributed by atoms with Crippen LogP contribution in [0.3, 0.4) is 0 Å². The number of nitrogens with zero attached hydrogens (tertiary/aromatic N) is 1. The Morgan fingerprint density at radius 3 is 2.62 bits per heavy atom. The van der Waals surface area contributed by atoms with E-state index in [-0.39, 0.29) is 11.1 Å². The highest BCUT2D eigenvalue weighted by Gasteiger charge is 2.16. The van der Waals surface area contributed by atoms with E-state index in [1.807, 2.05) is 6.92 Å². The zero-order valence-electron chi connectivity index (χ0n) is 13.9. The first-order valence-corrected chi connectivity index (χ1v) is 7.89. The summed E-state index contributed by atoms with van der Waals surface area (Å²) in [4.78, 5) is 27.0. The van der Waals surface area contributed by atoms with Gasteiger partial charge in [0.05, 0.1) is 23.4 Å². The summed E-state index contributed by atoms with van der Waals surface area (Å²) < 4.78 is 5.49. The monoisotopic (exact) mass is 352 g/mol. The van der Waals surface area contributed by atoms with E-state index in [2.05, 4.69) is 10.3 Å². The smallest absolute Gasteiger partial charge is 0.339 e. The summed E-state index contributed by atoms with van der Waals surface area (Å²) in [6, 6.07) is 11.4. The number of ether oxygens (including phenoxy) is 1. The van der Waals surface area contributed by atoms with Gasteiger partial charge in [-0.1, -0.05) is 6.07 Å². The molecule has 3 rings (SSSR count). The summed E-state index contributed by atoms with van der Waals surface area (Å²) in [6.45, 7) is 2.33. The molecule has 132 valence electrons. The first-order valence-electron chi connectivity index (χ1n) is 7.89. The molecule has 0 unspecified atom stereocenters. The number of aromatic nitrogens is 1. The number of nitrogens with one attached hydrogen (secondary N) is 1. The highest BCUT2D eigenvalue weighted by atomic mass is 16.5. The number of aromatic carboxylic acids is 2. The fourth-order valence-electron chi connectivity index (χ4n) is 2.60. The molecule has 0 aliphatic carbocycles. The Balaban J connectivity index is 2.16. The second kappa shape index (κ2) is 7.10. The van der Waals surface area contributed by atoms with E-state index < -0.39 is 11.9 Å². The molecule has 0 saturated heterocycles. The Bertz CT molecular complexity index is 1000. The summed E-state index contributed by atoms with van der Waals surface area (Å²) in [5.74, 6) is -1.62. The van der Waals surface area contributed by atoms with Crippen LogP contribution in [0.15, 0.2) is 48.7 Å². The number of hydrogen-bond donors (Lipinski definition) is 3. The fourth-order valence-corrected chi connectivity index (χ4v) is 2.60. The van der Waals surface area contributed by atoms with Crippen molar-refractivity contribution in [1.29, 1.82) is 0 Å². The van der Waals surface area contributed by atoms with Crippen LogP contribution in [0.5, 0.6) is 5.75 Å². The minimum Gasteiger partial charge on any atom is -0.494 e. The van der Waals surface area contributed by atoms with Crippen molar-refractivity contribution >= 4 is 34.2 Å². The van der Waals surface area contributed by atoms with Crippen molar-refractivity contribution in [2.75, 3.05) is 11.9 Å².